The number of hydrogen-bond donors (Lipinski definition) is 1. The molecule has 1 nitrogen and oxygen atoms in total. The quantitative estimate of drug-likeness (QED) is 0.731. The van der Waals surface area contributed by atoms with Gasteiger partial charge in [-0.05, 0) is 36.3 Å². The van der Waals surface area contributed by atoms with Crippen molar-refractivity contribution >= 4 is 11.8 Å². The van der Waals surface area contributed by atoms with Crippen molar-refractivity contribution in [3.8, 4) is 0 Å². The molecule has 2 heteroatoms. The Morgan fingerprint density at radius 1 is 1.23 bits per heavy atom. The van der Waals surface area contributed by atoms with Gasteiger partial charge < -0.3 is 5.11 Å². The molecule has 0 aliphatic carbocycles. The first-order valence-electron chi connectivity index (χ1n) is 4.69. The standard InChI is InChI=1S/C11H16OS/c1-2-9-13-11-5-3-10(4-6-11)7-8-12/h3-6,12H,2,7-9H2,1H3. The van der Waals surface area contributed by atoms with E-state index in [9.17, 15) is 0 Å². The summed E-state index contributed by atoms with van der Waals surface area (Å²) >= 11 is 1.88. The highest BCUT2D eigenvalue weighted by molar-refractivity contribution is 7.99. The lowest BCUT2D eigenvalue weighted by molar-refractivity contribution is 0.299. The van der Waals surface area contributed by atoms with E-state index in [0.29, 0.717) is 0 Å². The molecule has 0 aliphatic rings. The molecule has 1 rings (SSSR count). The summed E-state index contributed by atoms with van der Waals surface area (Å²) in [5.41, 5.74) is 1.21. The molecular weight excluding hydrogens is 180 g/mol. The maximum absolute atomic E-state index is 8.73. The Kier molecular flexibility index (Phi) is 4.94. The van der Waals surface area contributed by atoms with Crippen LogP contribution in [0.15, 0.2) is 29.2 Å². The lowest BCUT2D eigenvalue weighted by atomic mass is 10.2. The van der Waals surface area contributed by atoms with Gasteiger partial charge in [0, 0.05) is 11.5 Å². The Hall–Kier alpha value is -0.470. The van der Waals surface area contributed by atoms with Crippen molar-refractivity contribution in [1.29, 1.82) is 0 Å². The van der Waals surface area contributed by atoms with Gasteiger partial charge in [0.2, 0.25) is 0 Å². The zero-order valence-electron chi connectivity index (χ0n) is 7.99. The third-order valence-electron chi connectivity index (χ3n) is 1.80. The summed E-state index contributed by atoms with van der Waals surface area (Å²) in [6, 6.07) is 8.44. The van der Waals surface area contributed by atoms with E-state index in [1.807, 2.05) is 11.8 Å². The van der Waals surface area contributed by atoms with Crippen molar-refractivity contribution < 1.29 is 5.11 Å². The van der Waals surface area contributed by atoms with E-state index in [1.54, 1.807) is 0 Å². The lowest BCUT2D eigenvalue weighted by Crippen LogP contribution is -1.89. The predicted molar refractivity (Wildman–Crippen MR) is 58.2 cm³/mol. The molecule has 1 N–H and O–H groups in total. The van der Waals surface area contributed by atoms with E-state index >= 15 is 0 Å². The van der Waals surface area contributed by atoms with Gasteiger partial charge in [0.1, 0.15) is 0 Å². The van der Waals surface area contributed by atoms with Gasteiger partial charge in [-0.1, -0.05) is 19.1 Å². The molecule has 0 spiro atoms. The van der Waals surface area contributed by atoms with Crippen LogP contribution in [0.3, 0.4) is 0 Å². The van der Waals surface area contributed by atoms with Crippen molar-refractivity contribution in [2.75, 3.05) is 12.4 Å². The van der Waals surface area contributed by atoms with Crippen LogP contribution >= 0.6 is 11.8 Å². The van der Waals surface area contributed by atoms with Crippen LogP contribution in [0.5, 0.6) is 0 Å². The molecule has 0 saturated heterocycles. The van der Waals surface area contributed by atoms with Crippen LogP contribution in [0.4, 0.5) is 0 Å². The van der Waals surface area contributed by atoms with Crippen molar-refractivity contribution in [1.82, 2.24) is 0 Å². The second-order valence-electron chi connectivity index (χ2n) is 2.97. The minimum atomic E-state index is 0.238. The van der Waals surface area contributed by atoms with E-state index in [2.05, 4.69) is 31.2 Å². The monoisotopic (exact) mass is 196 g/mol. The fourth-order valence-corrected chi connectivity index (χ4v) is 1.87. The Labute approximate surface area is 84.2 Å². The summed E-state index contributed by atoms with van der Waals surface area (Å²) in [7, 11) is 0. The average Bonchev–Trinajstić information content (AvgIpc) is 2.17. The summed E-state index contributed by atoms with van der Waals surface area (Å²) < 4.78 is 0. The minimum absolute atomic E-state index is 0.238. The van der Waals surface area contributed by atoms with Crippen molar-refractivity contribution in [3.63, 3.8) is 0 Å². The van der Waals surface area contributed by atoms with Gasteiger partial charge in [-0.25, -0.2) is 0 Å². The number of benzene rings is 1. The molecular formula is C11H16OS. The summed E-state index contributed by atoms with van der Waals surface area (Å²) in [5, 5.41) is 8.73. The Bertz CT molecular complexity index is 230. The van der Waals surface area contributed by atoms with Crippen LogP contribution in [0.1, 0.15) is 18.9 Å². The molecule has 1 aromatic carbocycles. The van der Waals surface area contributed by atoms with Gasteiger partial charge in [0.25, 0.3) is 0 Å². The molecule has 0 bridgehead atoms. The fourth-order valence-electron chi connectivity index (χ4n) is 1.10. The molecule has 0 unspecified atom stereocenters. The first kappa shape index (κ1) is 10.6. The van der Waals surface area contributed by atoms with Gasteiger partial charge in [-0.2, -0.15) is 0 Å². The third kappa shape index (κ3) is 3.83. The fraction of sp³-hybridized carbons (Fsp3) is 0.455. The first-order chi connectivity index (χ1) is 6.36. The highest BCUT2D eigenvalue weighted by Gasteiger charge is 1.94. The van der Waals surface area contributed by atoms with Gasteiger partial charge in [-0.3, -0.25) is 0 Å². The summed E-state index contributed by atoms with van der Waals surface area (Å²) in [6.45, 7) is 2.43. The molecule has 13 heavy (non-hydrogen) atoms. The van der Waals surface area contributed by atoms with Gasteiger partial charge in [0.05, 0.1) is 0 Å². The molecule has 0 radical (unpaired) electrons. The van der Waals surface area contributed by atoms with Crippen LogP contribution in [0.2, 0.25) is 0 Å². The van der Waals surface area contributed by atoms with E-state index < -0.39 is 0 Å². The maximum Gasteiger partial charge on any atom is 0.0471 e. The number of thioether (sulfide) groups is 1. The third-order valence-corrected chi connectivity index (χ3v) is 3.01. The first-order valence-corrected chi connectivity index (χ1v) is 5.68. The van der Waals surface area contributed by atoms with Gasteiger partial charge >= 0.3 is 0 Å². The highest BCUT2D eigenvalue weighted by atomic mass is 32.2. The Balaban J connectivity index is 2.48. The largest absolute Gasteiger partial charge is 0.396 e. The molecule has 0 aliphatic heterocycles. The average molecular weight is 196 g/mol. The van der Waals surface area contributed by atoms with Gasteiger partial charge in [-0.15, -0.1) is 11.8 Å². The molecule has 0 amide bonds. The SMILES string of the molecule is CCCSc1ccc(CCO)cc1. The summed E-state index contributed by atoms with van der Waals surface area (Å²) in [4.78, 5) is 1.32. The lowest BCUT2D eigenvalue weighted by Gasteiger charge is -2.01. The van der Waals surface area contributed by atoms with Crippen LogP contribution in [-0.2, 0) is 6.42 Å². The van der Waals surface area contributed by atoms with E-state index in [4.69, 9.17) is 5.11 Å². The topological polar surface area (TPSA) is 20.2 Å². The summed E-state index contributed by atoms with van der Waals surface area (Å²) in [5.74, 6) is 1.18. The summed E-state index contributed by atoms with van der Waals surface area (Å²) in [6.07, 6.45) is 1.97. The Morgan fingerprint density at radius 2 is 1.92 bits per heavy atom. The number of aliphatic hydroxyl groups excluding tert-OH is 1. The number of hydrogen-bond acceptors (Lipinski definition) is 2. The number of rotatable bonds is 5. The van der Waals surface area contributed by atoms with Crippen molar-refractivity contribution in [2.24, 2.45) is 0 Å². The molecule has 0 heterocycles. The zero-order valence-corrected chi connectivity index (χ0v) is 8.81. The van der Waals surface area contributed by atoms with Crippen LogP contribution in [-0.4, -0.2) is 17.5 Å². The van der Waals surface area contributed by atoms with Crippen molar-refractivity contribution in [3.05, 3.63) is 29.8 Å². The molecule has 72 valence electrons. The van der Waals surface area contributed by atoms with Gasteiger partial charge in [0.15, 0.2) is 0 Å². The predicted octanol–water partition coefficient (Wildman–Crippen LogP) is 2.72. The molecule has 0 saturated carbocycles. The second-order valence-corrected chi connectivity index (χ2v) is 4.13. The smallest absolute Gasteiger partial charge is 0.0471 e. The van der Waals surface area contributed by atoms with Crippen LogP contribution in [0, 0.1) is 0 Å². The molecule has 1 aromatic rings. The zero-order chi connectivity index (χ0) is 9.52. The van der Waals surface area contributed by atoms with Crippen molar-refractivity contribution in [2.45, 2.75) is 24.7 Å². The molecule has 0 fully saturated rings. The second kappa shape index (κ2) is 6.06. The van der Waals surface area contributed by atoms with E-state index in [0.717, 1.165) is 6.42 Å². The Morgan fingerprint density at radius 3 is 2.46 bits per heavy atom. The van der Waals surface area contributed by atoms with E-state index in [1.165, 1.54) is 22.6 Å². The highest BCUT2D eigenvalue weighted by Crippen LogP contribution is 2.18. The maximum atomic E-state index is 8.73. The molecule has 0 atom stereocenters. The normalized spacial score (nSPS) is 10.3. The minimum Gasteiger partial charge on any atom is -0.396 e. The number of aliphatic hydroxyl groups is 1. The molecule has 0 aromatic heterocycles. The van der Waals surface area contributed by atoms with Crippen LogP contribution in [0.25, 0.3) is 0 Å². The van der Waals surface area contributed by atoms with E-state index in [-0.39, 0.29) is 6.61 Å². The van der Waals surface area contributed by atoms with Crippen LogP contribution < -0.4 is 0 Å².